The van der Waals surface area contributed by atoms with Crippen LogP contribution in [0.2, 0.25) is 0 Å². The lowest BCUT2D eigenvalue weighted by Gasteiger charge is -2.26. The Balaban J connectivity index is 1.75. The van der Waals surface area contributed by atoms with Crippen molar-refractivity contribution < 1.29 is 4.39 Å². The van der Waals surface area contributed by atoms with E-state index in [4.69, 9.17) is 5.26 Å². The summed E-state index contributed by atoms with van der Waals surface area (Å²) >= 11 is 1.82. The molecule has 2 nitrogen and oxygen atoms in total. The highest BCUT2D eigenvalue weighted by Crippen LogP contribution is 2.25. The van der Waals surface area contributed by atoms with Crippen LogP contribution in [-0.4, -0.2) is 11.4 Å². The molecule has 0 atom stereocenters. The van der Waals surface area contributed by atoms with Crippen LogP contribution in [0.25, 0.3) is 0 Å². The zero-order valence-corrected chi connectivity index (χ0v) is 11.2. The fourth-order valence-electron chi connectivity index (χ4n) is 2.46. The van der Waals surface area contributed by atoms with Gasteiger partial charge in [0.2, 0.25) is 0 Å². The van der Waals surface area contributed by atoms with Gasteiger partial charge in [-0.15, -0.1) is 11.3 Å². The maximum Gasteiger partial charge on any atom is 0.140 e. The van der Waals surface area contributed by atoms with Crippen molar-refractivity contribution in [1.82, 2.24) is 4.90 Å². The van der Waals surface area contributed by atoms with Crippen molar-refractivity contribution >= 4 is 11.3 Å². The molecule has 1 aliphatic rings. The molecule has 96 valence electrons. The molecule has 4 heteroatoms. The minimum atomic E-state index is -0.440. The molecule has 2 aromatic rings. The largest absolute Gasteiger partial charge is 0.294 e. The molecule has 3 rings (SSSR count). The SMILES string of the molecule is N#Cc1cc(CN2CCc3sccc3C2)ccc1F. The van der Waals surface area contributed by atoms with Crippen LogP contribution in [-0.2, 0) is 19.5 Å². The van der Waals surface area contributed by atoms with E-state index in [9.17, 15) is 4.39 Å². The van der Waals surface area contributed by atoms with Crippen molar-refractivity contribution in [2.75, 3.05) is 6.54 Å². The third-order valence-electron chi connectivity index (χ3n) is 3.44. The molecule has 1 aromatic carbocycles. The predicted molar refractivity (Wildman–Crippen MR) is 73.3 cm³/mol. The average Bonchev–Trinajstić information content (AvgIpc) is 2.88. The van der Waals surface area contributed by atoms with Crippen LogP contribution in [0, 0.1) is 17.1 Å². The Bertz CT molecular complexity index is 642. The zero-order valence-electron chi connectivity index (χ0n) is 10.4. The van der Waals surface area contributed by atoms with E-state index < -0.39 is 5.82 Å². The van der Waals surface area contributed by atoms with Crippen molar-refractivity contribution in [3.8, 4) is 6.07 Å². The smallest absolute Gasteiger partial charge is 0.140 e. The van der Waals surface area contributed by atoms with E-state index in [0.29, 0.717) is 0 Å². The minimum absolute atomic E-state index is 0.130. The van der Waals surface area contributed by atoms with Crippen molar-refractivity contribution in [2.24, 2.45) is 0 Å². The fraction of sp³-hybridized carbons (Fsp3) is 0.267. The summed E-state index contributed by atoms with van der Waals surface area (Å²) in [4.78, 5) is 3.82. The number of hydrogen-bond acceptors (Lipinski definition) is 3. The van der Waals surface area contributed by atoms with Gasteiger partial charge in [-0.3, -0.25) is 4.90 Å². The Labute approximate surface area is 115 Å². The van der Waals surface area contributed by atoms with E-state index in [-0.39, 0.29) is 5.56 Å². The second-order valence-electron chi connectivity index (χ2n) is 4.76. The molecule has 0 unspecified atom stereocenters. The topological polar surface area (TPSA) is 27.0 Å². The fourth-order valence-corrected chi connectivity index (χ4v) is 3.35. The summed E-state index contributed by atoms with van der Waals surface area (Å²) in [5, 5.41) is 11.0. The van der Waals surface area contributed by atoms with E-state index in [1.54, 1.807) is 12.1 Å². The molecule has 0 radical (unpaired) electrons. The molecule has 0 bridgehead atoms. The van der Waals surface area contributed by atoms with E-state index in [0.717, 1.165) is 31.6 Å². The van der Waals surface area contributed by atoms with E-state index >= 15 is 0 Å². The van der Waals surface area contributed by atoms with Crippen LogP contribution in [0.5, 0.6) is 0 Å². The summed E-state index contributed by atoms with van der Waals surface area (Å²) in [6.45, 7) is 2.73. The molecular formula is C15H13FN2S. The molecule has 0 saturated carbocycles. The number of hydrogen-bond donors (Lipinski definition) is 0. The number of halogens is 1. The monoisotopic (exact) mass is 272 g/mol. The normalized spacial score (nSPS) is 14.9. The van der Waals surface area contributed by atoms with Gasteiger partial charge in [-0.1, -0.05) is 6.07 Å². The predicted octanol–water partition coefficient (Wildman–Crippen LogP) is 3.32. The van der Waals surface area contributed by atoms with Crippen molar-refractivity contribution in [2.45, 2.75) is 19.5 Å². The van der Waals surface area contributed by atoms with E-state index in [1.807, 2.05) is 17.4 Å². The van der Waals surface area contributed by atoms with Crippen LogP contribution >= 0.6 is 11.3 Å². The number of benzene rings is 1. The second kappa shape index (κ2) is 5.12. The van der Waals surface area contributed by atoms with E-state index in [2.05, 4.69) is 16.3 Å². The molecule has 0 amide bonds. The van der Waals surface area contributed by atoms with Crippen LogP contribution in [0.1, 0.15) is 21.6 Å². The molecule has 0 spiro atoms. The van der Waals surface area contributed by atoms with Gasteiger partial charge in [-0.2, -0.15) is 5.26 Å². The van der Waals surface area contributed by atoms with Crippen LogP contribution < -0.4 is 0 Å². The maximum absolute atomic E-state index is 13.3. The number of nitriles is 1. The van der Waals surface area contributed by atoms with Gasteiger partial charge in [0.25, 0.3) is 0 Å². The van der Waals surface area contributed by atoms with Gasteiger partial charge in [0, 0.05) is 24.5 Å². The Morgan fingerprint density at radius 2 is 2.26 bits per heavy atom. The average molecular weight is 272 g/mol. The van der Waals surface area contributed by atoms with Gasteiger partial charge >= 0.3 is 0 Å². The van der Waals surface area contributed by atoms with Gasteiger partial charge in [0.15, 0.2) is 0 Å². The highest BCUT2D eigenvalue weighted by Gasteiger charge is 2.17. The Morgan fingerprint density at radius 1 is 1.37 bits per heavy atom. The summed E-state index contributed by atoms with van der Waals surface area (Å²) in [6, 6.07) is 8.87. The van der Waals surface area contributed by atoms with Gasteiger partial charge in [0.05, 0.1) is 5.56 Å². The summed E-state index contributed by atoms with van der Waals surface area (Å²) in [6.07, 6.45) is 1.08. The number of thiophene rings is 1. The molecular weight excluding hydrogens is 259 g/mol. The lowest BCUT2D eigenvalue weighted by Crippen LogP contribution is -2.29. The van der Waals surface area contributed by atoms with Crippen LogP contribution in [0.15, 0.2) is 29.6 Å². The highest BCUT2D eigenvalue weighted by atomic mass is 32.1. The Morgan fingerprint density at radius 3 is 3.11 bits per heavy atom. The maximum atomic E-state index is 13.3. The van der Waals surface area contributed by atoms with E-state index in [1.165, 1.54) is 16.5 Å². The lowest BCUT2D eigenvalue weighted by atomic mass is 10.1. The molecule has 0 saturated heterocycles. The van der Waals surface area contributed by atoms with Gasteiger partial charge in [0.1, 0.15) is 11.9 Å². The van der Waals surface area contributed by atoms with Gasteiger partial charge < -0.3 is 0 Å². The summed E-state index contributed by atoms with van der Waals surface area (Å²) in [5.74, 6) is -0.440. The van der Waals surface area contributed by atoms with Crippen molar-refractivity contribution in [3.05, 3.63) is 57.0 Å². The standard InChI is InChI=1S/C15H13FN2S/c16-14-2-1-11(7-13(14)8-17)9-18-5-3-15-12(10-18)4-6-19-15/h1-2,4,6-7H,3,5,9-10H2. The van der Waals surface area contributed by atoms with Gasteiger partial charge in [-0.05, 0) is 41.1 Å². The first-order chi connectivity index (χ1) is 9.26. The Hall–Kier alpha value is -1.70. The molecule has 1 aromatic heterocycles. The Kier molecular flexibility index (Phi) is 3.33. The minimum Gasteiger partial charge on any atom is -0.294 e. The van der Waals surface area contributed by atoms with Crippen LogP contribution in [0.3, 0.4) is 0 Å². The molecule has 0 fully saturated rings. The third kappa shape index (κ3) is 2.53. The van der Waals surface area contributed by atoms with Crippen molar-refractivity contribution in [1.29, 1.82) is 5.26 Å². The number of nitrogens with zero attached hydrogens (tertiary/aromatic N) is 2. The zero-order chi connectivity index (χ0) is 13.2. The van der Waals surface area contributed by atoms with Crippen LogP contribution in [0.4, 0.5) is 4.39 Å². The summed E-state index contributed by atoms with van der Waals surface area (Å²) in [7, 11) is 0. The summed E-state index contributed by atoms with van der Waals surface area (Å²) < 4.78 is 13.3. The molecule has 0 aliphatic carbocycles. The first-order valence-corrected chi connectivity index (χ1v) is 7.10. The second-order valence-corrected chi connectivity index (χ2v) is 5.76. The van der Waals surface area contributed by atoms with Gasteiger partial charge in [-0.25, -0.2) is 4.39 Å². The first-order valence-electron chi connectivity index (χ1n) is 6.22. The summed E-state index contributed by atoms with van der Waals surface area (Å²) in [5.41, 5.74) is 2.53. The molecule has 1 aliphatic heterocycles. The molecule has 2 heterocycles. The quantitative estimate of drug-likeness (QED) is 0.838. The third-order valence-corrected chi connectivity index (χ3v) is 4.47. The lowest BCUT2D eigenvalue weighted by molar-refractivity contribution is 0.247. The molecule has 19 heavy (non-hydrogen) atoms. The molecule has 0 N–H and O–H groups in total. The number of rotatable bonds is 2. The highest BCUT2D eigenvalue weighted by molar-refractivity contribution is 7.10. The first kappa shape index (κ1) is 12.3. The number of fused-ring (bicyclic) bond motifs is 1. The van der Waals surface area contributed by atoms with Crippen molar-refractivity contribution in [3.63, 3.8) is 0 Å².